The zero-order valence-corrected chi connectivity index (χ0v) is 13.5. The molecule has 0 radical (unpaired) electrons. The van der Waals surface area contributed by atoms with E-state index in [2.05, 4.69) is 56.4 Å². The fourth-order valence-corrected chi connectivity index (χ4v) is 3.60. The largest absolute Gasteiger partial charge is 0.343 e. The van der Waals surface area contributed by atoms with Crippen LogP contribution in [0.2, 0.25) is 0 Å². The molecule has 1 saturated heterocycles. The summed E-state index contributed by atoms with van der Waals surface area (Å²) in [5.41, 5.74) is 1.39. The molecule has 1 aromatic heterocycles. The van der Waals surface area contributed by atoms with Gasteiger partial charge in [-0.3, -0.25) is 4.90 Å². The van der Waals surface area contributed by atoms with E-state index in [0.29, 0.717) is 6.04 Å². The normalized spacial score (nSPS) is 20.5. The van der Waals surface area contributed by atoms with Gasteiger partial charge in [0.15, 0.2) is 0 Å². The molecule has 1 aliphatic rings. The minimum Gasteiger partial charge on any atom is -0.343 e. The lowest BCUT2D eigenvalue weighted by Crippen LogP contribution is -2.34. The molecule has 1 fully saturated rings. The molecule has 2 heterocycles. The molecule has 5 heteroatoms. The maximum atomic E-state index is 4.55. The summed E-state index contributed by atoms with van der Waals surface area (Å²) in [6, 6.07) is 11.3. The second-order valence-electron chi connectivity index (χ2n) is 5.72. The quantitative estimate of drug-likeness (QED) is 0.872. The number of hydrogen-bond acceptors (Lipinski definition) is 5. The first-order valence-electron chi connectivity index (χ1n) is 7.55. The monoisotopic (exact) mass is 302 g/mol. The summed E-state index contributed by atoms with van der Waals surface area (Å²) in [5.74, 6) is 0.882. The molecule has 0 aliphatic carbocycles. The third-order valence-electron chi connectivity index (χ3n) is 4.06. The van der Waals surface area contributed by atoms with Gasteiger partial charge in [0, 0.05) is 43.8 Å². The molecule has 0 spiro atoms. The van der Waals surface area contributed by atoms with Gasteiger partial charge in [-0.05, 0) is 25.8 Å². The van der Waals surface area contributed by atoms with Gasteiger partial charge in [0.25, 0.3) is 0 Å². The van der Waals surface area contributed by atoms with Gasteiger partial charge >= 0.3 is 0 Å². The molecule has 3 rings (SSSR count). The van der Waals surface area contributed by atoms with Crippen molar-refractivity contribution in [2.45, 2.75) is 32.9 Å². The Morgan fingerprint density at radius 3 is 2.71 bits per heavy atom. The molecular weight excluding hydrogens is 280 g/mol. The summed E-state index contributed by atoms with van der Waals surface area (Å²) in [6.45, 7) is 8.55. The van der Waals surface area contributed by atoms with Crippen LogP contribution in [0, 0.1) is 6.92 Å². The first kappa shape index (κ1) is 14.5. The lowest BCUT2D eigenvalue weighted by atomic mass is 10.2. The van der Waals surface area contributed by atoms with Gasteiger partial charge in [0.1, 0.15) is 5.82 Å². The van der Waals surface area contributed by atoms with E-state index in [0.717, 1.165) is 37.1 Å². The molecule has 0 N–H and O–H groups in total. The summed E-state index contributed by atoms with van der Waals surface area (Å²) >= 11 is 1.52. The predicted molar refractivity (Wildman–Crippen MR) is 87.8 cm³/mol. The molecule has 21 heavy (non-hydrogen) atoms. The average Bonchev–Trinajstić information content (AvgIpc) is 2.83. The third kappa shape index (κ3) is 3.60. The number of rotatable bonds is 3. The van der Waals surface area contributed by atoms with Crippen molar-refractivity contribution < 1.29 is 0 Å². The Kier molecular flexibility index (Phi) is 4.51. The highest BCUT2D eigenvalue weighted by atomic mass is 32.1. The van der Waals surface area contributed by atoms with Gasteiger partial charge in [-0.25, -0.2) is 4.98 Å². The van der Waals surface area contributed by atoms with Crippen molar-refractivity contribution >= 4 is 16.7 Å². The Morgan fingerprint density at radius 2 is 2.00 bits per heavy atom. The van der Waals surface area contributed by atoms with Crippen LogP contribution in [0.1, 0.15) is 24.7 Å². The topological polar surface area (TPSA) is 32.3 Å². The van der Waals surface area contributed by atoms with Crippen molar-refractivity contribution in [3.05, 3.63) is 41.7 Å². The van der Waals surface area contributed by atoms with E-state index in [4.69, 9.17) is 0 Å². The van der Waals surface area contributed by atoms with Crippen LogP contribution in [0.25, 0.3) is 0 Å². The van der Waals surface area contributed by atoms with Crippen molar-refractivity contribution in [3.8, 4) is 0 Å². The van der Waals surface area contributed by atoms with Gasteiger partial charge in [-0.2, -0.15) is 4.37 Å². The molecule has 112 valence electrons. The number of aromatic nitrogens is 2. The van der Waals surface area contributed by atoms with Crippen LogP contribution < -0.4 is 4.90 Å². The van der Waals surface area contributed by atoms with Gasteiger partial charge in [-0.15, -0.1) is 0 Å². The highest BCUT2D eigenvalue weighted by Gasteiger charge is 2.23. The second-order valence-corrected chi connectivity index (χ2v) is 6.45. The molecule has 4 nitrogen and oxygen atoms in total. The Bertz CT molecular complexity index is 569. The first-order chi connectivity index (χ1) is 10.2. The van der Waals surface area contributed by atoms with Gasteiger partial charge in [-0.1, -0.05) is 30.3 Å². The van der Waals surface area contributed by atoms with E-state index < -0.39 is 0 Å². The highest BCUT2D eigenvalue weighted by Crippen LogP contribution is 2.23. The minimum absolute atomic E-state index is 0.526. The summed E-state index contributed by atoms with van der Waals surface area (Å²) in [4.78, 5) is 9.50. The van der Waals surface area contributed by atoms with Crippen molar-refractivity contribution in [1.29, 1.82) is 0 Å². The van der Waals surface area contributed by atoms with Crippen LogP contribution in [0.5, 0.6) is 0 Å². The van der Waals surface area contributed by atoms with E-state index in [9.17, 15) is 0 Å². The van der Waals surface area contributed by atoms with E-state index in [1.165, 1.54) is 23.5 Å². The van der Waals surface area contributed by atoms with Crippen LogP contribution in [-0.2, 0) is 6.54 Å². The Balaban J connectivity index is 1.65. The van der Waals surface area contributed by atoms with Crippen molar-refractivity contribution in [3.63, 3.8) is 0 Å². The maximum Gasteiger partial charge on any atom is 0.205 e. The standard InChI is InChI=1S/C16H22N4S/c1-13-8-9-19(12-15-6-4-3-5-7-15)10-11-20(13)16-17-14(2)18-21-16/h3-7,13H,8-12H2,1-2H3. The van der Waals surface area contributed by atoms with Crippen LogP contribution in [-0.4, -0.2) is 39.9 Å². The summed E-state index contributed by atoms with van der Waals surface area (Å²) < 4.78 is 4.32. The predicted octanol–water partition coefficient (Wildman–Crippen LogP) is 2.95. The Hall–Kier alpha value is -1.46. The van der Waals surface area contributed by atoms with E-state index in [1.807, 2.05) is 6.92 Å². The van der Waals surface area contributed by atoms with Crippen LogP contribution in [0.4, 0.5) is 5.13 Å². The number of hydrogen-bond donors (Lipinski definition) is 0. The third-order valence-corrected chi connectivity index (χ3v) is 4.91. The van der Waals surface area contributed by atoms with Crippen molar-refractivity contribution in [2.24, 2.45) is 0 Å². The van der Waals surface area contributed by atoms with E-state index in [-0.39, 0.29) is 0 Å². The first-order valence-corrected chi connectivity index (χ1v) is 8.33. The minimum atomic E-state index is 0.526. The molecule has 2 aromatic rings. The zero-order valence-electron chi connectivity index (χ0n) is 12.7. The summed E-state index contributed by atoms with van der Waals surface area (Å²) in [7, 11) is 0. The molecule has 1 unspecified atom stereocenters. The van der Waals surface area contributed by atoms with Crippen molar-refractivity contribution in [2.75, 3.05) is 24.5 Å². The molecule has 1 aromatic carbocycles. The van der Waals surface area contributed by atoms with Crippen LogP contribution in [0.15, 0.2) is 30.3 Å². The van der Waals surface area contributed by atoms with Crippen molar-refractivity contribution in [1.82, 2.24) is 14.3 Å². The summed E-state index contributed by atoms with van der Waals surface area (Å²) in [6.07, 6.45) is 1.17. The van der Waals surface area contributed by atoms with Crippen LogP contribution >= 0.6 is 11.5 Å². The fraction of sp³-hybridized carbons (Fsp3) is 0.500. The fourth-order valence-electron chi connectivity index (χ4n) is 2.79. The zero-order chi connectivity index (χ0) is 14.7. The Morgan fingerprint density at radius 1 is 1.19 bits per heavy atom. The maximum absolute atomic E-state index is 4.55. The lowest BCUT2D eigenvalue weighted by Gasteiger charge is -2.25. The molecule has 1 atom stereocenters. The van der Waals surface area contributed by atoms with E-state index in [1.54, 1.807) is 0 Å². The second kappa shape index (κ2) is 6.54. The number of nitrogens with zero attached hydrogens (tertiary/aromatic N) is 4. The molecule has 0 amide bonds. The van der Waals surface area contributed by atoms with E-state index >= 15 is 0 Å². The lowest BCUT2D eigenvalue weighted by molar-refractivity contribution is 0.283. The van der Waals surface area contributed by atoms with Crippen LogP contribution in [0.3, 0.4) is 0 Å². The van der Waals surface area contributed by atoms with Gasteiger partial charge < -0.3 is 4.90 Å². The van der Waals surface area contributed by atoms with Gasteiger partial charge in [0.2, 0.25) is 5.13 Å². The number of aryl methyl sites for hydroxylation is 1. The van der Waals surface area contributed by atoms with Gasteiger partial charge in [0.05, 0.1) is 0 Å². The molecule has 0 bridgehead atoms. The average molecular weight is 302 g/mol. The molecular formula is C16H22N4S. The number of benzene rings is 1. The molecule has 1 aliphatic heterocycles. The summed E-state index contributed by atoms with van der Waals surface area (Å²) in [5, 5.41) is 1.07. The number of anilines is 1. The smallest absolute Gasteiger partial charge is 0.205 e. The molecule has 0 saturated carbocycles. The Labute approximate surface area is 130 Å². The SMILES string of the molecule is Cc1nsc(N2CCN(Cc3ccccc3)CCC2C)n1. The highest BCUT2D eigenvalue weighted by molar-refractivity contribution is 7.09.